The molecule has 1 saturated heterocycles. The average Bonchev–Trinajstić information content (AvgIpc) is 3.17. The Morgan fingerprint density at radius 1 is 1.27 bits per heavy atom. The van der Waals surface area contributed by atoms with Crippen molar-refractivity contribution in [3.63, 3.8) is 0 Å². The molecule has 0 radical (unpaired) electrons. The van der Waals surface area contributed by atoms with Gasteiger partial charge in [-0.2, -0.15) is 0 Å². The van der Waals surface area contributed by atoms with E-state index in [-0.39, 0.29) is 0 Å². The van der Waals surface area contributed by atoms with Crippen LogP contribution in [-0.4, -0.2) is 73.2 Å². The minimum Gasteiger partial charge on any atom is -0.364 e. The second kappa shape index (κ2) is 8.66. The summed E-state index contributed by atoms with van der Waals surface area (Å²) in [6.45, 7) is 5.36. The molecule has 2 aromatic heterocycles. The third kappa shape index (κ3) is 4.51. The van der Waals surface area contributed by atoms with E-state index in [1.807, 2.05) is 44.4 Å². The van der Waals surface area contributed by atoms with Gasteiger partial charge in [0.25, 0.3) is 0 Å². The predicted molar refractivity (Wildman–Crippen MR) is 102 cm³/mol. The van der Waals surface area contributed by atoms with Crippen LogP contribution in [0.1, 0.15) is 11.3 Å². The number of aliphatic imine (C=N–C) groups is 1. The molecule has 3 heterocycles. The molecule has 1 fully saturated rings. The smallest absolute Gasteiger partial charge is 0.194 e. The van der Waals surface area contributed by atoms with Crippen LogP contribution in [0.25, 0.3) is 0 Å². The van der Waals surface area contributed by atoms with E-state index < -0.39 is 0 Å². The van der Waals surface area contributed by atoms with Gasteiger partial charge in [0.05, 0.1) is 5.69 Å². The first-order valence-electron chi connectivity index (χ1n) is 8.86. The number of pyridine rings is 1. The van der Waals surface area contributed by atoms with Crippen LogP contribution in [0.15, 0.2) is 40.2 Å². The number of piperazine rings is 1. The standard InChI is InChI=1S/C18H27N7O/c1-19-18(21-13-15-5-4-7-20-17(15)23(2)3)25-10-8-24(9-11-25)14-16-6-12-26-22-16/h4-7,12H,8-11,13-14H2,1-3H3,(H,19,21). The Morgan fingerprint density at radius 3 is 2.73 bits per heavy atom. The molecule has 1 aliphatic heterocycles. The monoisotopic (exact) mass is 357 g/mol. The predicted octanol–water partition coefficient (Wildman–Crippen LogP) is 1.03. The molecule has 0 aliphatic carbocycles. The van der Waals surface area contributed by atoms with Gasteiger partial charge < -0.3 is 19.6 Å². The summed E-state index contributed by atoms with van der Waals surface area (Å²) < 4.78 is 4.91. The molecule has 0 aromatic carbocycles. The molecule has 8 nitrogen and oxygen atoms in total. The molecule has 0 amide bonds. The Labute approximate surface area is 154 Å². The number of hydrogen-bond donors (Lipinski definition) is 1. The Hall–Kier alpha value is -2.61. The molecule has 1 N–H and O–H groups in total. The molecule has 0 saturated carbocycles. The van der Waals surface area contributed by atoms with Gasteiger partial charge in [-0.05, 0) is 6.07 Å². The van der Waals surface area contributed by atoms with Crippen LogP contribution in [0.4, 0.5) is 5.82 Å². The largest absolute Gasteiger partial charge is 0.364 e. The van der Waals surface area contributed by atoms with Crippen molar-refractivity contribution in [2.75, 3.05) is 52.2 Å². The molecule has 0 atom stereocenters. The van der Waals surface area contributed by atoms with Gasteiger partial charge in [0.2, 0.25) is 0 Å². The number of guanidine groups is 1. The summed E-state index contributed by atoms with van der Waals surface area (Å²) in [5.41, 5.74) is 2.14. The fraction of sp³-hybridized carbons (Fsp3) is 0.500. The van der Waals surface area contributed by atoms with Crippen LogP contribution < -0.4 is 10.2 Å². The third-order valence-corrected chi connectivity index (χ3v) is 4.49. The van der Waals surface area contributed by atoms with Gasteiger partial charge >= 0.3 is 0 Å². The lowest BCUT2D eigenvalue weighted by molar-refractivity contribution is 0.169. The van der Waals surface area contributed by atoms with E-state index in [0.29, 0.717) is 6.54 Å². The fourth-order valence-corrected chi connectivity index (χ4v) is 3.14. The highest BCUT2D eigenvalue weighted by Crippen LogP contribution is 2.14. The highest BCUT2D eigenvalue weighted by Gasteiger charge is 2.20. The SMILES string of the molecule is CN=C(NCc1cccnc1N(C)C)N1CCN(Cc2ccon2)CC1. The maximum Gasteiger partial charge on any atom is 0.194 e. The maximum absolute atomic E-state index is 4.91. The maximum atomic E-state index is 4.91. The summed E-state index contributed by atoms with van der Waals surface area (Å²) in [7, 11) is 5.85. The zero-order valence-electron chi connectivity index (χ0n) is 15.7. The number of nitrogens with one attached hydrogen (secondary N) is 1. The average molecular weight is 357 g/mol. The van der Waals surface area contributed by atoms with Gasteiger partial charge in [-0.3, -0.25) is 9.89 Å². The van der Waals surface area contributed by atoms with Gasteiger partial charge in [0, 0.05) is 78.2 Å². The molecule has 0 spiro atoms. The van der Waals surface area contributed by atoms with Gasteiger partial charge in [0.1, 0.15) is 12.1 Å². The minimum absolute atomic E-state index is 0.702. The van der Waals surface area contributed by atoms with Crippen LogP contribution in [-0.2, 0) is 13.1 Å². The Kier molecular flexibility index (Phi) is 6.06. The lowest BCUT2D eigenvalue weighted by Gasteiger charge is -2.36. The number of rotatable bonds is 5. The molecule has 2 aromatic rings. The van der Waals surface area contributed by atoms with Crippen LogP contribution >= 0.6 is 0 Å². The van der Waals surface area contributed by atoms with E-state index in [9.17, 15) is 0 Å². The molecular formula is C18H27N7O. The third-order valence-electron chi connectivity index (χ3n) is 4.49. The Balaban J connectivity index is 1.52. The Morgan fingerprint density at radius 2 is 2.08 bits per heavy atom. The molecule has 3 rings (SSSR count). The first-order valence-corrected chi connectivity index (χ1v) is 8.86. The highest BCUT2D eigenvalue weighted by molar-refractivity contribution is 5.80. The molecule has 1 aliphatic rings. The van der Waals surface area contributed by atoms with Crippen LogP contribution in [0.5, 0.6) is 0 Å². The van der Waals surface area contributed by atoms with Crippen molar-refractivity contribution >= 4 is 11.8 Å². The number of hydrogen-bond acceptors (Lipinski definition) is 6. The highest BCUT2D eigenvalue weighted by atomic mass is 16.5. The summed E-state index contributed by atoms with van der Waals surface area (Å²) in [5.74, 6) is 1.91. The second-order valence-corrected chi connectivity index (χ2v) is 6.54. The van der Waals surface area contributed by atoms with Crippen molar-refractivity contribution in [3.8, 4) is 0 Å². The van der Waals surface area contributed by atoms with Gasteiger partial charge in [-0.15, -0.1) is 0 Å². The fourth-order valence-electron chi connectivity index (χ4n) is 3.14. The lowest BCUT2D eigenvalue weighted by Crippen LogP contribution is -2.52. The van der Waals surface area contributed by atoms with Crippen molar-refractivity contribution in [1.29, 1.82) is 0 Å². The van der Waals surface area contributed by atoms with Crippen molar-refractivity contribution in [2.24, 2.45) is 4.99 Å². The van der Waals surface area contributed by atoms with Crippen molar-refractivity contribution < 1.29 is 4.52 Å². The number of nitrogens with zero attached hydrogens (tertiary/aromatic N) is 6. The molecular weight excluding hydrogens is 330 g/mol. The van der Waals surface area contributed by atoms with E-state index in [4.69, 9.17) is 4.52 Å². The van der Waals surface area contributed by atoms with Crippen LogP contribution in [0, 0.1) is 0 Å². The van der Waals surface area contributed by atoms with Crippen LogP contribution in [0.2, 0.25) is 0 Å². The molecule has 0 unspecified atom stereocenters. The minimum atomic E-state index is 0.702. The summed E-state index contributed by atoms with van der Waals surface area (Å²) >= 11 is 0. The normalized spacial score (nSPS) is 16.0. The molecule has 0 bridgehead atoms. The quantitative estimate of drug-likeness (QED) is 0.633. The van der Waals surface area contributed by atoms with Crippen molar-refractivity contribution in [3.05, 3.63) is 41.9 Å². The lowest BCUT2D eigenvalue weighted by atomic mass is 10.2. The van der Waals surface area contributed by atoms with E-state index in [0.717, 1.165) is 55.8 Å². The van der Waals surface area contributed by atoms with E-state index >= 15 is 0 Å². The molecule has 140 valence electrons. The number of anilines is 1. The molecule has 26 heavy (non-hydrogen) atoms. The first-order chi connectivity index (χ1) is 12.7. The zero-order chi connectivity index (χ0) is 18.4. The van der Waals surface area contributed by atoms with Crippen molar-refractivity contribution in [1.82, 2.24) is 25.3 Å². The first kappa shape index (κ1) is 18.2. The zero-order valence-corrected chi connectivity index (χ0v) is 15.7. The summed E-state index contributed by atoms with van der Waals surface area (Å²) in [5, 5.41) is 7.46. The van der Waals surface area contributed by atoms with Crippen molar-refractivity contribution in [2.45, 2.75) is 13.1 Å². The Bertz CT molecular complexity index is 706. The molecule has 8 heteroatoms. The van der Waals surface area contributed by atoms with E-state index in [2.05, 4.69) is 36.3 Å². The summed E-state index contributed by atoms with van der Waals surface area (Å²) in [4.78, 5) is 15.6. The summed E-state index contributed by atoms with van der Waals surface area (Å²) in [6, 6.07) is 5.98. The van der Waals surface area contributed by atoms with Gasteiger partial charge in [-0.1, -0.05) is 11.2 Å². The summed E-state index contributed by atoms with van der Waals surface area (Å²) in [6.07, 6.45) is 3.44. The van der Waals surface area contributed by atoms with E-state index in [1.54, 1.807) is 6.26 Å². The number of aromatic nitrogens is 2. The van der Waals surface area contributed by atoms with E-state index in [1.165, 1.54) is 0 Å². The van der Waals surface area contributed by atoms with Crippen LogP contribution in [0.3, 0.4) is 0 Å². The topological polar surface area (TPSA) is 73.0 Å². The van der Waals surface area contributed by atoms with Gasteiger partial charge in [0.15, 0.2) is 5.96 Å². The second-order valence-electron chi connectivity index (χ2n) is 6.54. The van der Waals surface area contributed by atoms with Gasteiger partial charge in [-0.25, -0.2) is 4.98 Å².